The first-order valence-electron chi connectivity index (χ1n) is 8.96. The number of nitrogens with one attached hydrogen (secondary N) is 2. The van der Waals surface area contributed by atoms with Gasteiger partial charge in [0.2, 0.25) is 11.8 Å². The van der Waals surface area contributed by atoms with Gasteiger partial charge in [-0.25, -0.2) is 14.8 Å². The van der Waals surface area contributed by atoms with Gasteiger partial charge in [-0.2, -0.15) is 0 Å². The molecule has 3 heterocycles. The van der Waals surface area contributed by atoms with E-state index < -0.39 is 6.03 Å². The van der Waals surface area contributed by atoms with Crippen LogP contribution in [0.5, 0.6) is 11.5 Å². The molecule has 2 fully saturated rings. The van der Waals surface area contributed by atoms with Crippen LogP contribution in [0.1, 0.15) is 26.2 Å². The Morgan fingerprint density at radius 2 is 1.89 bits per heavy atom. The number of pyridine rings is 2. The van der Waals surface area contributed by atoms with Gasteiger partial charge in [0.15, 0.2) is 0 Å². The fraction of sp³-hybridized carbons (Fsp3) is 0.316. The number of hydrogen-bond acceptors (Lipinski definition) is 6. The second kappa shape index (κ2) is 6.91. The maximum atomic E-state index is 12.3. The van der Waals surface area contributed by atoms with E-state index in [1.54, 1.807) is 24.3 Å². The Labute approximate surface area is 161 Å². The molecule has 9 nitrogen and oxygen atoms in total. The minimum atomic E-state index is -0.455. The summed E-state index contributed by atoms with van der Waals surface area (Å²) >= 11 is 0. The molecule has 0 bridgehead atoms. The van der Waals surface area contributed by atoms with Gasteiger partial charge in [0.25, 0.3) is 0 Å². The van der Waals surface area contributed by atoms with Crippen LogP contribution in [-0.4, -0.2) is 39.3 Å². The highest BCUT2D eigenvalue weighted by Crippen LogP contribution is 2.53. The van der Waals surface area contributed by atoms with Crippen molar-refractivity contribution in [1.82, 2.24) is 14.9 Å². The number of amides is 4. The Hall–Kier alpha value is -3.49. The Morgan fingerprint density at radius 3 is 2.54 bits per heavy atom. The normalized spacial score (nSPS) is 16.8. The molecule has 1 aliphatic heterocycles. The van der Waals surface area contributed by atoms with Crippen molar-refractivity contribution in [1.29, 1.82) is 0 Å². The second-order valence-electron chi connectivity index (χ2n) is 6.96. The molecule has 9 heteroatoms. The zero-order valence-electron chi connectivity index (χ0n) is 15.3. The molecule has 144 valence electrons. The molecule has 0 atom stereocenters. The third-order valence-corrected chi connectivity index (χ3v) is 4.85. The van der Waals surface area contributed by atoms with Crippen molar-refractivity contribution < 1.29 is 19.1 Å². The lowest BCUT2D eigenvalue weighted by molar-refractivity contribution is -0.129. The lowest BCUT2D eigenvalue weighted by Crippen LogP contribution is -2.37. The smallest absolute Gasteiger partial charge is 0.329 e. The molecule has 1 spiro atoms. The third-order valence-electron chi connectivity index (χ3n) is 4.85. The number of ether oxygens (including phenoxy) is 1. The number of likely N-dealkylation sites (tertiary alicyclic amines) is 1. The third kappa shape index (κ3) is 3.64. The molecule has 0 unspecified atom stereocenters. The van der Waals surface area contributed by atoms with E-state index in [2.05, 4.69) is 20.6 Å². The van der Waals surface area contributed by atoms with E-state index in [1.807, 2.05) is 0 Å². The van der Waals surface area contributed by atoms with Gasteiger partial charge in [-0.1, -0.05) is 0 Å². The van der Waals surface area contributed by atoms with Crippen molar-refractivity contribution in [3.63, 3.8) is 0 Å². The van der Waals surface area contributed by atoms with Gasteiger partial charge in [0.05, 0.1) is 11.6 Å². The number of nitrogens with zero attached hydrogens (tertiary/aromatic N) is 3. The van der Waals surface area contributed by atoms with Crippen LogP contribution < -0.4 is 15.4 Å². The molecule has 4 rings (SSSR count). The van der Waals surface area contributed by atoms with E-state index in [0.29, 0.717) is 29.7 Å². The van der Waals surface area contributed by atoms with Crippen LogP contribution in [0.4, 0.5) is 16.4 Å². The quantitative estimate of drug-likeness (QED) is 0.842. The van der Waals surface area contributed by atoms with E-state index >= 15 is 0 Å². The molecule has 2 aromatic heterocycles. The molecule has 2 aliphatic rings. The molecule has 4 amide bonds. The van der Waals surface area contributed by atoms with Crippen molar-refractivity contribution in [2.45, 2.75) is 26.2 Å². The summed E-state index contributed by atoms with van der Waals surface area (Å²) in [5, 5.41) is 5.22. The predicted octanol–water partition coefficient (Wildman–Crippen LogP) is 2.77. The maximum Gasteiger partial charge on any atom is 0.329 e. The van der Waals surface area contributed by atoms with E-state index in [4.69, 9.17) is 4.74 Å². The SMILES string of the molecule is CC(=O)Nc1cc(Oc2ccc(NC(=O)N3CCC4(CC4)C3=O)nc2)ccn1. The molecule has 2 aromatic rings. The van der Waals surface area contributed by atoms with Gasteiger partial charge in [-0.3, -0.25) is 19.8 Å². The molecule has 1 aliphatic carbocycles. The maximum absolute atomic E-state index is 12.3. The first-order chi connectivity index (χ1) is 13.4. The number of carbonyl (C=O) groups is 3. The molecule has 2 N–H and O–H groups in total. The number of urea groups is 1. The monoisotopic (exact) mass is 381 g/mol. The molecule has 1 saturated carbocycles. The lowest BCUT2D eigenvalue weighted by Gasteiger charge is -2.15. The minimum absolute atomic E-state index is 0.0855. The molecular formula is C19H19N5O4. The molecule has 0 radical (unpaired) electrons. The highest BCUT2D eigenvalue weighted by molar-refractivity contribution is 6.05. The zero-order valence-corrected chi connectivity index (χ0v) is 15.3. The Balaban J connectivity index is 1.37. The van der Waals surface area contributed by atoms with Crippen LogP contribution in [0.3, 0.4) is 0 Å². The summed E-state index contributed by atoms with van der Waals surface area (Å²) in [5.41, 5.74) is -0.275. The molecule has 1 saturated heterocycles. The summed E-state index contributed by atoms with van der Waals surface area (Å²) in [6.07, 6.45) is 5.47. The summed E-state index contributed by atoms with van der Waals surface area (Å²) in [7, 11) is 0. The van der Waals surface area contributed by atoms with Gasteiger partial charge < -0.3 is 10.1 Å². The molecule has 28 heavy (non-hydrogen) atoms. The fourth-order valence-corrected chi connectivity index (χ4v) is 3.18. The van der Waals surface area contributed by atoms with Gasteiger partial charge in [0, 0.05) is 25.7 Å². The number of rotatable bonds is 4. The van der Waals surface area contributed by atoms with Crippen molar-refractivity contribution in [2.24, 2.45) is 5.41 Å². The number of imide groups is 1. The van der Waals surface area contributed by atoms with Crippen molar-refractivity contribution in [2.75, 3.05) is 17.2 Å². The zero-order chi connectivity index (χ0) is 19.7. The predicted molar refractivity (Wildman–Crippen MR) is 99.9 cm³/mol. The molecule has 0 aromatic carbocycles. The number of anilines is 2. The van der Waals surface area contributed by atoms with Crippen LogP contribution >= 0.6 is 0 Å². The fourth-order valence-electron chi connectivity index (χ4n) is 3.18. The van der Waals surface area contributed by atoms with Crippen LogP contribution in [0.15, 0.2) is 36.7 Å². The van der Waals surface area contributed by atoms with Crippen LogP contribution in [0.2, 0.25) is 0 Å². The summed E-state index contributed by atoms with van der Waals surface area (Å²) < 4.78 is 5.68. The van der Waals surface area contributed by atoms with Crippen LogP contribution in [0.25, 0.3) is 0 Å². The first-order valence-corrected chi connectivity index (χ1v) is 8.96. The standard InChI is InChI=1S/C19H19N5O4/c1-12(25)22-16-10-13(4-8-20-16)28-14-2-3-15(21-11-14)23-18(27)24-9-7-19(5-6-19)17(24)26/h2-4,8,10-11H,5-7,9H2,1H3,(H,20,22,25)(H,21,23,27). The highest BCUT2D eigenvalue weighted by Gasteiger charge is 2.56. The average molecular weight is 381 g/mol. The summed E-state index contributed by atoms with van der Waals surface area (Å²) in [4.78, 5) is 45.1. The van der Waals surface area contributed by atoms with Crippen LogP contribution in [-0.2, 0) is 9.59 Å². The highest BCUT2D eigenvalue weighted by atomic mass is 16.5. The second-order valence-corrected chi connectivity index (χ2v) is 6.96. The van der Waals surface area contributed by atoms with E-state index in [-0.39, 0.29) is 17.2 Å². The topological polar surface area (TPSA) is 114 Å². The summed E-state index contributed by atoms with van der Waals surface area (Å²) in [5.74, 6) is 1.33. The van der Waals surface area contributed by atoms with Crippen molar-refractivity contribution >= 4 is 29.5 Å². The van der Waals surface area contributed by atoms with Crippen molar-refractivity contribution in [3.8, 4) is 11.5 Å². The van der Waals surface area contributed by atoms with Gasteiger partial charge in [0.1, 0.15) is 23.1 Å². The summed E-state index contributed by atoms with van der Waals surface area (Å²) in [6.45, 7) is 1.84. The number of aromatic nitrogens is 2. The summed E-state index contributed by atoms with van der Waals surface area (Å²) in [6, 6.07) is 6.02. The Kier molecular flexibility index (Phi) is 4.42. The van der Waals surface area contributed by atoms with Crippen molar-refractivity contribution in [3.05, 3.63) is 36.7 Å². The first kappa shape index (κ1) is 17.9. The largest absolute Gasteiger partial charge is 0.456 e. The average Bonchev–Trinajstić information content (AvgIpc) is 3.37. The number of hydrogen-bond donors (Lipinski definition) is 2. The lowest BCUT2D eigenvalue weighted by atomic mass is 10.1. The van der Waals surface area contributed by atoms with E-state index in [9.17, 15) is 14.4 Å². The van der Waals surface area contributed by atoms with E-state index in [0.717, 1.165) is 19.3 Å². The minimum Gasteiger partial charge on any atom is -0.456 e. The Morgan fingerprint density at radius 1 is 1.07 bits per heavy atom. The number of carbonyl (C=O) groups excluding carboxylic acids is 3. The Bertz CT molecular complexity index is 940. The van der Waals surface area contributed by atoms with Gasteiger partial charge >= 0.3 is 6.03 Å². The van der Waals surface area contributed by atoms with E-state index in [1.165, 1.54) is 24.2 Å². The van der Waals surface area contributed by atoms with Crippen LogP contribution in [0, 0.1) is 5.41 Å². The molecular weight excluding hydrogens is 362 g/mol. The van der Waals surface area contributed by atoms with Gasteiger partial charge in [-0.05, 0) is 37.5 Å². The van der Waals surface area contributed by atoms with Gasteiger partial charge in [-0.15, -0.1) is 0 Å².